The summed E-state index contributed by atoms with van der Waals surface area (Å²) < 4.78 is 0. The Kier molecular flexibility index (Phi) is 3.19. The van der Waals surface area contributed by atoms with Crippen molar-refractivity contribution in [2.75, 3.05) is 11.4 Å². The molecule has 0 aliphatic carbocycles. The summed E-state index contributed by atoms with van der Waals surface area (Å²) in [4.78, 5) is 23.7. The van der Waals surface area contributed by atoms with Crippen LogP contribution in [0.3, 0.4) is 0 Å². The lowest BCUT2D eigenvalue weighted by Gasteiger charge is -2.14. The smallest absolute Gasteiger partial charge is 0.322 e. The van der Waals surface area contributed by atoms with Crippen molar-refractivity contribution in [1.29, 1.82) is 0 Å². The minimum Gasteiger partial charge on any atom is -0.481 e. The quantitative estimate of drug-likeness (QED) is 0.863. The average Bonchev–Trinajstić information content (AvgIpc) is 2.59. The molecule has 2 rings (SSSR count). The van der Waals surface area contributed by atoms with Gasteiger partial charge in [-0.25, -0.2) is 4.79 Å². The number of amides is 2. The number of carbonyl (C=O) groups excluding carboxylic acids is 1. The van der Waals surface area contributed by atoms with Gasteiger partial charge in [0.2, 0.25) is 0 Å². The number of carboxylic acids is 1. The third-order valence-electron chi connectivity index (χ3n) is 2.54. The first-order chi connectivity index (χ1) is 8.06. The lowest BCUT2D eigenvalue weighted by Crippen LogP contribution is -2.29. The van der Waals surface area contributed by atoms with Crippen LogP contribution in [-0.2, 0) is 4.79 Å². The molecule has 1 aliphatic rings. The van der Waals surface area contributed by atoms with E-state index in [1.807, 2.05) is 0 Å². The molecule has 90 valence electrons. The van der Waals surface area contributed by atoms with Gasteiger partial charge in [0.1, 0.15) is 0 Å². The molecule has 2 N–H and O–H groups in total. The highest BCUT2D eigenvalue weighted by molar-refractivity contribution is 6.30. The molecule has 1 unspecified atom stereocenters. The fourth-order valence-corrected chi connectivity index (χ4v) is 1.90. The third kappa shape index (κ3) is 2.68. The minimum atomic E-state index is -0.923. The predicted octanol–water partition coefficient (Wildman–Crippen LogP) is 1.71. The number of aliphatic carboxylic acids is 1. The molecule has 1 aliphatic heterocycles. The van der Waals surface area contributed by atoms with Gasteiger partial charge in [0, 0.05) is 17.3 Å². The second-order valence-corrected chi connectivity index (χ2v) is 4.27. The van der Waals surface area contributed by atoms with Crippen LogP contribution in [0.15, 0.2) is 24.3 Å². The lowest BCUT2D eigenvalue weighted by molar-refractivity contribution is -0.137. The summed E-state index contributed by atoms with van der Waals surface area (Å²) in [6.07, 6.45) is -0.0736. The van der Waals surface area contributed by atoms with Gasteiger partial charge < -0.3 is 10.4 Å². The number of anilines is 1. The van der Waals surface area contributed by atoms with Gasteiger partial charge in [0.15, 0.2) is 0 Å². The largest absolute Gasteiger partial charge is 0.481 e. The van der Waals surface area contributed by atoms with Gasteiger partial charge >= 0.3 is 12.0 Å². The Morgan fingerprint density at radius 3 is 2.71 bits per heavy atom. The van der Waals surface area contributed by atoms with Gasteiger partial charge in [-0.1, -0.05) is 11.6 Å². The maximum Gasteiger partial charge on any atom is 0.322 e. The normalized spacial score (nSPS) is 19.2. The van der Waals surface area contributed by atoms with Crippen LogP contribution in [0.2, 0.25) is 5.02 Å². The zero-order valence-electron chi connectivity index (χ0n) is 8.89. The van der Waals surface area contributed by atoms with E-state index in [2.05, 4.69) is 5.32 Å². The summed E-state index contributed by atoms with van der Waals surface area (Å²) in [6.45, 7) is 0.354. The fourth-order valence-electron chi connectivity index (χ4n) is 1.77. The Bertz CT molecular complexity index is 447. The Morgan fingerprint density at radius 1 is 1.47 bits per heavy atom. The van der Waals surface area contributed by atoms with Crippen molar-refractivity contribution >= 4 is 29.3 Å². The molecular formula is C11H11ClN2O3. The summed E-state index contributed by atoms with van der Waals surface area (Å²) in [5.41, 5.74) is 0.708. The molecule has 1 atom stereocenters. The Morgan fingerprint density at radius 2 is 2.12 bits per heavy atom. The van der Waals surface area contributed by atoms with Crippen molar-refractivity contribution < 1.29 is 14.7 Å². The van der Waals surface area contributed by atoms with E-state index in [1.165, 1.54) is 4.90 Å². The molecule has 0 aromatic heterocycles. The van der Waals surface area contributed by atoms with E-state index >= 15 is 0 Å². The zero-order chi connectivity index (χ0) is 12.4. The monoisotopic (exact) mass is 254 g/mol. The molecule has 1 heterocycles. The number of halogens is 1. The van der Waals surface area contributed by atoms with Crippen LogP contribution in [0.5, 0.6) is 0 Å². The SMILES string of the molecule is O=C(O)CC1CN(c2ccc(Cl)cc2)C(=O)N1. The average molecular weight is 255 g/mol. The molecule has 1 aromatic rings. The molecule has 6 heteroatoms. The number of carbonyl (C=O) groups is 2. The first-order valence-corrected chi connectivity index (χ1v) is 5.49. The van der Waals surface area contributed by atoms with E-state index in [0.717, 1.165) is 0 Å². The molecule has 0 saturated carbocycles. The number of nitrogens with one attached hydrogen (secondary N) is 1. The topological polar surface area (TPSA) is 69.6 Å². The Labute approximate surface area is 103 Å². The van der Waals surface area contributed by atoms with Gasteiger partial charge in [-0.05, 0) is 24.3 Å². The summed E-state index contributed by atoms with van der Waals surface area (Å²) in [5.74, 6) is -0.923. The van der Waals surface area contributed by atoms with E-state index in [9.17, 15) is 9.59 Å². The lowest BCUT2D eigenvalue weighted by atomic mass is 10.2. The van der Waals surface area contributed by atoms with Crippen molar-refractivity contribution in [3.8, 4) is 0 Å². The second-order valence-electron chi connectivity index (χ2n) is 3.83. The maximum atomic E-state index is 11.6. The summed E-state index contributed by atoms with van der Waals surface area (Å²) in [5, 5.41) is 11.9. The Hall–Kier alpha value is -1.75. The summed E-state index contributed by atoms with van der Waals surface area (Å²) in [7, 11) is 0. The molecule has 1 aromatic carbocycles. The highest BCUT2D eigenvalue weighted by Gasteiger charge is 2.30. The number of benzene rings is 1. The predicted molar refractivity (Wildman–Crippen MR) is 63.4 cm³/mol. The molecule has 0 radical (unpaired) electrons. The minimum absolute atomic E-state index is 0.0736. The van der Waals surface area contributed by atoms with Crippen LogP contribution >= 0.6 is 11.6 Å². The molecule has 0 bridgehead atoms. The summed E-state index contributed by atoms with van der Waals surface area (Å²) in [6, 6.07) is 6.20. The molecular weight excluding hydrogens is 244 g/mol. The molecule has 1 fully saturated rings. The van der Waals surface area contributed by atoms with E-state index in [0.29, 0.717) is 17.3 Å². The summed E-state index contributed by atoms with van der Waals surface area (Å²) >= 11 is 5.76. The fraction of sp³-hybridized carbons (Fsp3) is 0.273. The van der Waals surface area contributed by atoms with E-state index in [-0.39, 0.29) is 18.5 Å². The standard InChI is InChI=1S/C11H11ClN2O3/c12-7-1-3-9(4-2-7)14-6-8(5-10(15)16)13-11(14)17/h1-4,8H,5-6H2,(H,13,17)(H,15,16). The Balaban J connectivity index is 2.10. The highest BCUT2D eigenvalue weighted by Crippen LogP contribution is 2.21. The van der Waals surface area contributed by atoms with E-state index in [1.54, 1.807) is 24.3 Å². The zero-order valence-corrected chi connectivity index (χ0v) is 9.65. The van der Waals surface area contributed by atoms with E-state index < -0.39 is 5.97 Å². The van der Waals surface area contributed by atoms with Crippen molar-refractivity contribution in [3.05, 3.63) is 29.3 Å². The maximum absolute atomic E-state index is 11.6. The number of rotatable bonds is 3. The van der Waals surface area contributed by atoms with Gasteiger partial charge in [-0.15, -0.1) is 0 Å². The molecule has 5 nitrogen and oxygen atoms in total. The van der Waals surface area contributed by atoms with Crippen LogP contribution in [0.1, 0.15) is 6.42 Å². The van der Waals surface area contributed by atoms with Gasteiger partial charge in [0.25, 0.3) is 0 Å². The van der Waals surface area contributed by atoms with Crippen LogP contribution in [0.4, 0.5) is 10.5 Å². The van der Waals surface area contributed by atoms with Crippen LogP contribution in [0, 0.1) is 0 Å². The number of hydrogen-bond acceptors (Lipinski definition) is 2. The van der Waals surface area contributed by atoms with Gasteiger partial charge in [0.05, 0.1) is 12.5 Å². The molecule has 1 saturated heterocycles. The number of nitrogens with zero attached hydrogens (tertiary/aromatic N) is 1. The number of urea groups is 1. The first-order valence-electron chi connectivity index (χ1n) is 5.11. The molecule has 0 spiro atoms. The van der Waals surface area contributed by atoms with Gasteiger partial charge in [-0.2, -0.15) is 0 Å². The number of hydrogen-bond donors (Lipinski definition) is 2. The highest BCUT2D eigenvalue weighted by atomic mass is 35.5. The van der Waals surface area contributed by atoms with Crippen molar-refractivity contribution in [2.45, 2.75) is 12.5 Å². The van der Waals surface area contributed by atoms with E-state index in [4.69, 9.17) is 16.7 Å². The molecule has 17 heavy (non-hydrogen) atoms. The third-order valence-corrected chi connectivity index (χ3v) is 2.79. The van der Waals surface area contributed by atoms with Crippen LogP contribution in [-0.4, -0.2) is 29.7 Å². The van der Waals surface area contributed by atoms with Crippen molar-refractivity contribution in [1.82, 2.24) is 5.32 Å². The van der Waals surface area contributed by atoms with Crippen LogP contribution < -0.4 is 10.2 Å². The van der Waals surface area contributed by atoms with Gasteiger partial charge in [-0.3, -0.25) is 9.69 Å². The number of carboxylic acid groups (broad SMARTS) is 1. The van der Waals surface area contributed by atoms with Crippen molar-refractivity contribution in [2.24, 2.45) is 0 Å². The van der Waals surface area contributed by atoms with Crippen LogP contribution in [0.25, 0.3) is 0 Å². The second kappa shape index (κ2) is 4.63. The first kappa shape index (κ1) is 11.7. The van der Waals surface area contributed by atoms with Crippen molar-refractivity contribution in [3.63, 3.8) is 0 Å². The molecule has 2 amide bonds.